The summed E-state index contributed by atoms with van der Waals surface area (Å²) >= 11 is 12.0. The zero-order valence-electron chi connectivity index (χ0n) is 14.7. The van der Waals surface area contributed by atoms with Crippen LogP contribution in [0.5, 0.6) is 0 Å². The summed E-state index contributed by atoms with van der Waals surface area (Å²) in [6.07, 6.45) is 2.33. The highest BCUT2D eigenvalue weighted by Gasteiger charge is 2.41. The van der Waals surface area contributed by atoms with Gasteiger partial charge >= 0.3 is 0 Å². The van der Waals surface area contributed by atoms with Gasteiger partial charge in [0, 0.05) is 22.8 Å². The molecule has 0 radical (unpaired) electrons. The van der Waals surface area contributed by atoms with Crippen LogP contribution in [-0.2, 0) is 10.0 Å². The van der Waals surface area contributed by atoms with Crippen molar-refractivity contribution in [2.24, 2.45) is 0 Å². The number of rotatable bonds is 4. The lowest BCUT2D eigenvalue weighted by molar-refractivity contribution is 0.439. The molecule has 28 heavy (non-hydrogen) atoms. The molecule has 0 saturated carbocycles. The highest BCUT2D eigenvalue weighted by Crippen LogP contribution is 2.39. The second kappa shape index (κ2) is 7.72. The first-order valence-corrected chi connectivity index (χ1v) is 10.9. The molecule has 1 atom stereocenters. The Bertz CT molecular complexity index is 1060. The molecule has 1 fully saturated rings. The summed E-state index contributed by atoms with van der Waals surface area (Å²) in [4.78, 5) is 4.64. The molecule has 0 aliphatic carbocycles. The molecule has 0 bridgehead atoms. The zero-order chi connectivity index (χ0) is 19.7. The molecule has 8 heteroatoms. The van der Waals surface area contributed by atoms with E-state index in [0.29, 0.717) is 23.0 Å². The molecule has 5 nitrogen and oxygen atoms in total. The molecule has 0 amide bonds. The Labute approximate surface area is 174 Å². The maximum absolute atomic E-state index is 13.4. The molecule has 1 aromatic heterocycles. The molecule has 144 valence electrons. The van der Waals surface area contributed by atoms with Crippen LogP contribution < -0.4 is 5.01 Å². The molecule has 1 aliphatic heterocycles. The Balaban J connectivity index is 1.79. The standard InChI is InChI=1S/C20H17Cl2N3O2S/c21-15-4-8-17(9-5-15)25-20(19-3-1-2-13-23-19)12-14-24(25)28(26,27)18-10-6-16(22)7-11-18/h1-11,13,20H,12,14H2. The molecular formula is C20H17Cl2N3O2S. The predicted octanol–water partition coefficient (Wildman–Crippen LogP) is 4.95. The van der Waals surface area contributed by atoms with Crippen LogP contribution in [0.1, 0.15) is 18.2 Å². The van der Waals surface area contributed by atoms with E-state index >= 15 is 0 Å². The molecule has 2 heterocycles. The van der Waals surface area contributed by atoms with E-state index < -0.39 is 10.0 Å². The van der Waals surface area contributed by atoms with E-state index in [0.717, 1.165) is 11.4 Å². The van der Waals surface area contributed by atoms with Gasteiger partial charge in [0.15, 0.2) is 0 Å². The largest absolute Gasteiger partial charge is 0.283 e. The van der Waals surface area contributed by atoms with E-state index in [1.54, 1.807) is 35.5 Å². The van der Waals surface area contributed by atoms with Gasteiger partial charge in [0.1, 0.15) is 0 Å². The maximum atomic E-state index is 13.4. The lowest BCUT2D eigenvalue weighted by atomic mass is 10.1. The maximum Gasteiger partial charge on any atom is 0.260 e. The van der Waals surface area contributed by atoms with Crippen LogP contribution in [0.4, 0.5) is 5.69 Å². The van der Waals surface area contributed by atoms with Gasteiger partial charge in [0.25, 0.3) is 10.0 Å². The van der Waals surface area contributed by atoms with E-state index in [1.807, 2.05) is 30.3 Å². The SMILES string of the molecule is O=S(=O)(c1ccc(Cl)cc1)N1CCC(c2ccccn2)N1c1ccc(Cl)cc1. The minimum Gasteiger partial charge on any atom is -0.283 e. The van der Waals surface area contributed by atoms with E-state index in [2.05, 4.69) is 4.98 Å². The Kier molecular flexibility index (Phi) is 5.29. The number of hydrazine groups is 1. The first kappa shape index (κ1) is 19.2. The van der Waals surface area contributed by atoms with Crippen molar-refractivity contribution in [2.45, 2.75) is 17.4 Å². The van der Waals surface area contributed by atoms with Gasteiger partial charge in [-0.1, -0.05) is 29.3 Å². The van der Waals surface area contributed by atoms with Gasteiger partial charge < -0.3 is 0 Å². The predicted molar refractivity (Wildman–Crippen MR) is 111 cm³/mol. The minimum absolute atomic E-state index is 0.192. The molecule has 3 aromatic rings. The van der Waals surface area contributed by atoms with E-state index in [9.17, 15) is 8.42 Å². The third-order valence-corrected chi connectivity index (χ3v) is 6.92. The van der Waals surface area contributed by atoms with Crippen LogP contribution >= 0.6 is 23.2 Å². The van der Waals surface area contributed by atoms with Crippen LogP contribution in [0.2, 0.25) is 10.0 Å². The van der Waals surface area contributed by atoms with Crippen LogP contribution in [0.25, 0.3) is 0 Å². The first-order chi connectivity index (χ1) is 13.5. The van der Waals surface area contributed by atoms with Crippen molar-refractivity contribution in [1.29, 1.82) is 0 Å². The van der Waals surface area contributed by atoms with Gasteiger partial charge in [0.2, 0.25) is 0 Å². The van der Waals surface area contributed by atoms with Gasteiger partial charge in [-0.2, -0.15) is 0 Å². The summed E-state index contributed by atoms with van der Waals surface area (Å²) < 4.78 is 28.1. The average Bonchev–Trinajstić information content (AvgIpc) is 3.15. The normalized spacial score (nSPS) is 17.8. The van der Waals surface area contributed by atoms with Crippen LogP contribution in [0, 0.1) is 0 Å². The molecule has 1 saturated heterocycles. The number of anilines is 1. The third-order valence-electron chi connectivity index (χ3n) is 4.64. The van der Waals surface area contributed by atoms with E-state index in [-0.39, 0.29) is 10.9 Å². The number of hydrogen-bond donors (Lipinski definition) is 0. The fourth-order valence-corrected chi connectivity index (χ4v) is 5.09. The molecule has 0 spiro atoms. The Morgan fingerprint density at radius 1 is 0.893 bits per heavy atom. The average molecular weight is 434 g/mol. The van der Waals surface area contributed by atoms with Crippen molar-refractivity contribution in [2.75, 3.05) is 11.6 Å². The minimum atomic E-state index is -3.76. The topological polar surface area (TPSA) is 53.5 Å². The number of benzene rings is 2. The zero-order valence-corrected chi connectivity index (χ0v) is 17.1. The first-order valence-electron chi connectivity index (χ1n) is 8.71. The second-order valence-corrected chi connectivity index (χ2v) is 9.10. The van der Waals surface area contributed by atoms with Gasteiger partial charge in [-0.05, 0) is 67.1 Å². The molecule has 0 N–H and O–H groups in total. The highest BCUT2D eigenvalue weighted by atomic mass is 35.5. The molecule has 2 aromatic carbocycles. The highest BCUT2D eigenvalue weighted by molar-refractivity contribution is 7.89. The summed E-state index contributed by atoms with van der Waals surface area (Å²) in [5, 5.41) is 2.86. The quantitative estimate of drug-likeness (QED) is 0.584. The summed E-state index contributed by atoms with van der Waals surface area (Å²) in [5.74, 6) is 0. The molecule has 1 unspecified atom stereocenters. The Morgan fingerprint density at radius 3 is 2.14 bits per heavy atom. The van der Waals surface area contributed by atoms with Gasteiger partial charge in [-0.3, -0.25) is 9.99 Å². The number of halogens is 2. The van der Waals surface area contributed by atoms with Crippen LogP contribution in [-0.4, -0.2) is 24.4 Å². The van der Waals surface area contributed by atoms with Crippen molar-refractivity contribution < 1.29 is 8.42 Å². The van der Waals surface area contributed by atoms with Crippen LogP contribution in [0.3, 0.4) is 0 Å². The van der Waals surface area contributed by atoms with E-state index in [4.69, 9.17) is 23.2 Å². The number of hydrogen-bond acceptors (Lipinski definition) is 4. The van der Waals surface area contributed by atoms with Crippen molar-refractivity contribution in [3.05, 3.63) is 88.7 Å². The monoisotopic (exact) mass is 433 g/mol. The smallest absolute Gasteiger partial charge is 0.260 e. The van der Waals surface area contributed by atoms with Crippen LogP contribution in [0.15, 0.2) is 77.8 Å². The van der Waals surface area contributed by atoms with Crippen molar-refractivity contribution in [3.8, 4) is 0 Å². The second-order valence-electron chi connectivity index (χ2n) is 6.38. The third kappa shape index (κ3) is 3.61. The lowest BCUT2D eigenvalue weighted by Crippen LogP contribution is -2.42. The fourth-order valence-electron chi connectivity index (χ4n) is 3.33. The van der Waals surface area contributed by atoms with Crippen molar-refractivity contribution in [1.82, 2.24) is 9.40 Å². The van der Waals surface area contributed by atoms with Gasteiger partial charge in [0.05, 0.1) is 22.3 Å². The molecule has 1 aliphatic rings. The van der Waals surface area contributed by atoms with E-state index in [1.165, 1.54) is 16.5 Å². The molecular weight excluding hydrogens is 417 g/mol. The Hall–Kier alpha value is -2.12. The van der Waals surface area contributed by atoms with Gasteiger partial charge in [-0.25, -0.2) is 8.42 Å². The number of nitrogens with zero attached hydrogens (tertiary/aromatic N) is 3. The number of sulfonamides is 1. The summed E-state index contributed by atoms with van der Waals surface area (Å²) in [6.45, 7) is 0.342. The number of aromatic nitrogens is 1. The van der Waals surface area contributed by atoms with Crippen molar-refractivity contribution in [3.63, 3.8) is 0 Å². The molecule has 4 rings (SSSR count). The van der Waals surface area contributed by atoms with Gasteiger partial charge in [-0.15, -0.1) is 4.41 Å². The lowest BCUT2D eigenvalue weighted by Gasteiger charge is -2.33. The summed E-state index contributed by atoms with van der Waals surface area (Å²) in [6, 6.07) is 18.8. The Morgan fingerprint density at radius 2 is 1.54 bits per heavy atom. The number of pyridine rings is 1. The fraction of sp³-hybridized carbons (Fsp3) is 0.150. The van der Waals surface area contributed by atoms with Crippen molar-refractivity contribution >= 4 is 38.9 Å². The summed E-state index contributed by atoms with van der Waals surface area (Å²) in [7, 11) is -3.76. The summed E-state index contributed by atoms with van der Waals surface area (Å²) in [5.41, 5.74) is 1.54.